The van der Waals surface area contributed by atoms with Gasteiger partial charge in [0.2, 0.25) is 17.7 Å². The van der Waals surface area contributed by atoms with Crippen LogP contribution in [0.25, 0.3) is 0 Å². The number of benzene rings is 3. The minimum atomic E-state index is -1.06. The summed E-state index contributed by atoms with van der Waals surface area (Å²) in [4.78, 5) is 42.5. The lowest BCUT2D eigenvalue weighted by Gasteiger charge is -2.36. The number of nitrogens with zero attached hydrogens (tertiary/aromatic N) is 1. The van der Waals surface area contributed by atoms with E-state index in [1.165, 1.54) is 6.92 Å². The summed E-state index contributed by atoms with van der Waals surface area (Å²) in [5, 5.41) is 20.9. The second-order valence-corrected chi connectivity index (χ2v) is 12.6. The summed E-state index contributed by atoms with van der Waals surface area (Å²) < 4.78 is 5.33. The standard InChI is InChI=1S/C38H50N4O5/c1-5-27(2)38(41-28(3)43)21-22-42(37(38)46)34(20-19-29-13-8-6-9-14-29)36(45)40-33(24-30-15-10-7-11-16-30)35(44)26-39-25-31-17-12-18-32(23-31)47-4/h6-18,23,27,33-35,39,44H,5,19-22,24-26H2,1-4H3,(H,40,45)(H,41,43)/t27-,33-,34-,35?,38-/m0/s1. The van der Waals surface area contributed by atoms with Crippen LogP contribution >= 0.6 is 0 Å². The van der Waals surface area contributed by atoms with Crippen LogP contribution in [0.3, 0.4) is 0 Å². The Bertz CT molecular complexity index is 1450. The van der Waals surface area contributed by atoms with Crippen LogP contribution in [0, 0.1) is 5.92 Å². The predicted molar refractivity (Wildman–Crippen MR) is 184 cm³/mol. The lowest BCUT2D eigenvalue weighted by molar-refractivity contribution is -0.144. The highest BCUT2D eigenvalue weighted by Gasteiger charge is 2.53. The van der Waals surface area contributed by atoms with Crippen LogP contribution in [0.5, 0.6) is 5.75 Å². The molecule has 1 aliphatic heterocycles. The molecule has 1 unspecified atom stereocenters. The number of amides is 3. The number of methoxy groups -OCH3 is 1. The number of ether oxygens (including phenoxy) is 1. The molecule has 0 spiro atoms. The molecule has 9 nitrogen and oxygen atoms in total. The zero-order valence-electron chi connectivity index (χ0n) is 28.1. The molecule has 0 aliphatic carbocycles. The van der Waals surface area contributed by atoms with Gasteiger partial charge in [0.25, 0.3) is 0 Å². The minimum Gasteiger partial charge on any atom is -0.497 e. The predicted octanol–water partition coefficient (Wildman–Crippen LogP) is 4.03. The Hall–Kier alpha value is -4.21. The van der Waals surface area contributed by atoms with Gasteiger partial charge in [0.05, 0.1) is 19.3 Å². The van der Waals surface area contributed by atoms with E-state index in [1.54, 1.807) is 12.0 Å². The third-order valence-electron chi connectivity index (χ3n) is 9.38. The van der Waals surface area contributed by atoms with Crippen LogP contribution in [0.1, 0.15) is 56.7 Å². The van der Waals surface area contributed by atoms with Crippen LogP contribution in [-0.2, 0) is 33.8 Å². The van der Waals surface area contributed by atoms with E-state index in [0.29, 0.717) is 45.2 Å². The van der Waals surface area contributed by atoms with Gasteiger partial charge in [-0.15, -0.1) is 0 Å². The molecule has 4 N–H and O–H groups in total. The molecule has 0 bridgehead atoms. The van der Waals surface area contributed by atoms with Crippen molar-refractivity contribution in [3.8, 4) is 5.75 Å². The number of nitrogens with one attached hydrogen (secondary N) is 3. The van der Waals surface area contributed by atoms with E-state index in [9.17, 15) is 19.5 Å². The van der Waals surface area contributed by atoms with Crippen molar-refractivity contribution in [1.82, 2.24) is 20.9 Å². The van der Waals surface area contributed by atoms with Gasteiger partial charge in [-0.2, -0.15) is 0 Å². The van der Waals surface area contributed by atoms with E-state index >= 15 is 0 Å². The van der Waals surface area contributed by atoms with E-state index in [4.69, 9.17) is 4.74 Å². The normalized spacial score (nSPS) is 18.7. The van der Waals surface area contributed by atoms with E-state index in [2.05, 4.69) is 16.0 Å². The molecular weight excluding hydrogens is 592 g/mol. The van der Waals surface area contributed by atoms with Crippen LogP contribution in [0.4, 0.5) is 0 Å². The zero-order valence-corrected chi connectivity index (χ0v) is 28.1. The van der Waals surface area contributed by atoms with Crippen LogP contribution < -0.4 is 20.7 Å². The zero-order chi connectivity index (χ0) is 33.8. The van der Waals surface area contributed by atoms with Crippen molar-refractivity contribution in [2.24, 2.45) is 5.92 Å². The number of carbonyl (C=O) groups is 3. The highest BCUT2D eigenvalue weighted by atomic mass is 16.5. The monoisotopic (exact) mass is 642 g/mol. The minimum absolute atomic E-state index is 0.106. The molecule has 1 heterocycles. The Labute approximate surface area is 279 Å². The highest BCUT2D eigenvalue weighted by Crippen LogP contribution is 2.34. The van der Waals surface area contributed by atoms with Crippen LogP contribution in [0.2, 0.25) is 0 Å². The lowest BCUT2D eigenvalue weighted by atomic mass is 9.81. The lowest BCUT2D eigenvalue weighted by Crippen LogP contribution is -2.60. The first kappa shape index (κ1) is 35.6. The number of aliphatic hydroxyl groups excluding tert-OH is 1. The van der Waals surface area contributed by atoms with E-state index in [0.717, 1.165) is 22.4 Å². The van der Waals surface area contributed by atoms with Gasteiger partial charge in [-0.05, 0) is 60.4 Å². The van der Waals surface area contributed by atoms with E-state index in [1.807, 2.05) is 98.8 Å². The number of likely N-dealkylation sites (tertiary alicyclic amines) is 1. The number of hydrogen-bond acceptors (Lipinski definition) is 6. The maximum Gasteiger partial charge on any atom is 0.249 e. The summed E-state index contributed by atoms with van der Waals surface area (Å²) in [5.41, 5.74) is 2.00. The van der Waals surface area contributed by atoms with Gasteiger partial charge < -0.3 is 30.7 Å². The first-order valence-electron chi connectivity index (χ1n) is 16.7. The van der Waals surface area contributed by atoms with Crippen molar-refractivity contribution in [1.29, 1.82) is 0 Å². The second-order valence-electron chi connectivity index (χ2n) is 12.6. The molecule has 47 heavy (non-hydrogen) atoms. The van der Waals surface area contributed by atoms with Crippen molar-refractivity contribution in [2.75, 3.05) is 20.2 Å². The molecule has 3 aromatic rings. The van der Waals surface area contributed by atoms with Crippen molar-refractivity contribution >= 4 is 17.7 Å². The maximum absolute atomic E-state index is 14.3. The van der Waals surface area contributed by atoms with Gasteiger partial charge in [0, 0.05) is 26.6 Å². The largest absolute Gasteiger partial charge is 0.497 e. The Morgan fingerprint density at radius 1 is 0.979 bits per heavy atom. The molecule has 3 amide bonds. The molecular formula is C38H50N4O5. The second kappa shape index (κ2) is 17.1. The summed E-state index contributed by atoms with van der Waals surface area (Å²) >= 11 is 0. The Morgan fingerprint density at radius 2 is 1.64 bits per heavy atom. The Kier molecular flexibility index (Phi) is 13.0. The maximum atomic E-state index is 14.3. The topological polar surface area (TPSA) is 120 Å². The molecule has 4 rings (SSSR count). The quantitative estimate of drug-likeness (QED) is 0.177. The smallest absolute Gasteiger partial charge is 0.249 e. The number of rotatable bonds is 17. The molecule has 0 saturated carbocycles. The summed E-state index contributed by atoms with van der Waals surface area (Å²) in [6.45, 7) is 6.51. The fraction of sp³-hybridized carbons (Fsp3) is 0.447. The molecule has 1 saturated heterocycles. The van der Waals surface area contributed by atoms with Gasteiger partial charge in [-0.3, -0.25) is 14.4 Å². The highest BCUT2D eigenvalue weighted by molar-refractivity contribution is 5.96. The molecule has 5 atom stereocenters. The SMILES string of the molecule is CC[C@H](C)[C@@]1(NC(C)=O)CCN([C@@H](CCc2ccccc2)C(=O)N[C@@H](Cc2ccccc2)C(O)CNCc2cccc(OC)c2)C1=O. The molecule has 0 aromatic heterocycles. The van der Waals surface area contributed by atoms with Gasteiger partial charge >= 0.3 is 0 Å². The number of hydrogen-bond donors (Lipinski definition) is 4. The summed E-state index contributed by atoms with van der Waals surface area (Å²) in [7, 11) is 1.63. The third kappa shape index (κ3) is 9.42. The van der Waals surface area contributed by atoms with Crippen LogP contribution in [-0.4, -0.2) is 71.7 Å². The molecule has 0 radical (unpaired) electrons. The van der Waals surface area contributed by atoms with Crippen molar-refractivity contribution in [3.63, 3.8) is 0 Å². The summed E-state index contributed by atoms with van der Waals surface area (Å²) in [6, 6.07) is 26.0. The van der Waals surface area contributed by atoms with Crippen molar-refractivity contribution in [2.45, 2.75) is 83.1 Å². The van der Waals surface area contributed by atoms with Gasteiger partial charge in [-0.25, -0.2) is 0 Å². The molecule has 9 heteroatoms. The summed E-state index contributed by atoms with van der Waals surface area (Å²) in [6.07, 6.45) is 1.63. The van der Waals surface area contributed by atoms with Crippen molar-refractivity contribution < 1.29 is 24.2 Å². The Balaban J connectivity index is 1.56. The van der Waals surface area contributed by atoms with Crippen LogP contribution in [0.15, 0.2) is 84.9 Å². The molecule has 3 aromatic carbocycles. The molecule has 1 aliphatic rings. The number of aryl methyl sites for hydroxylation is 1. The van der Waals surface area contributed by atoms with E-state index < -0.39 is 23.7 Å². The fourth-order valence-corrected chi connectivity index (χ4v) is 6.51. The van der Waals surface area contributed by atoms with Crippen molar-refractivity contribution in [3.05, 3.63) is 102 Å². The van der Waals surface area contributed by atoms with E-state index in [-0.39, 0.29) is 30.2 Å². The number of aliphatic hydroxyl groups is 1. The molecule has 1 fully saturated rings. The average molecular weight is 643 g/mol. The third-order valence-corrected chi connectivity index (χ3v) is 9.38. The Morgan fingerprint density at radius 3 is 2.28 bits per heavy atom. The van der Waals surface area contributed by atoms with Gasteiger partial charge in [0.15, 0.2) is 0 Å². The van der Waals surface area contributed by atoms with Gasteiger partial charge in [0.1, 0.15) is 17.3 Å². The van der Waals surface area contributed by atoms with Gasteiger partial charge in [-0.1, -0.05) is 93.1 Å². The first-order chi connectivity index (χ1) is 22.7. The first-order valence-corrected chi connectivity index (χ1v) is 16.7. The molecule has 252 valence electrons. The average Bonchev–Trinajstić information content (AvgIpc) is 3.40. The number of carbonyl (C=O) groups excluding carboxylic acids is 3. The summed E-state index contributed by atoms with van der Waals surface area (Å²) in [5.74, 6) is -0.156. The fourth-order valence-electron chi connectivity index (χ4n) is 6.51.